The van der Waals surface area contributed by atoms with Gasteiger partial charge < -0.3 is 10.6 Å². The minimum Gasteiger partial charge on any atom is -0.338 e. The Kier molecular flexibility index (Phi) is 3.93. The highest BCUT2D eigenvalue weighted by Crippen LogP contribution is 2.27. The van der Waals surface area contributed by atoms with E-state index < -0.39 is 0 Å². The summed E-state index contributed by atoms with van der Waals surface area (Å²) >= 11 is 0. The van der Waals surface area contributed by atoms with Crippen LogP contribution in [-0.4, -0.2) is 29.4 Å². The highest BCUT2D eigenvalue weighted by Gasteiger charge is 2.34. The summed E-state index contributed by atoms with van der Waals surface area (Å²) in [6, 6.07) is 0.175. The molecule has 0 aromatic carbocycles. The maximum absolute atomic E-state index is 12.0. The molecule has 1 rings (SSSR count). The van der Waals surface area contributed by atoms with Crippen LogP contribution in [0.25, 0.3) is 0 Å². The lowest BCUT2D eigenvalue weighted by atomic mass is 10.0. The van der Waals surface area contributed by atoms with Crippen LogP contribution in [0, 0.1) is 5.92 Å². The first-order chi connectivity index (χ1) is 6.57. The quantitative estimate of drug-likeness (QED) is 0.725. The third kappa shape index (κ3) is 2.71. The zero-order valence-corrected chi connectivity index (χ0v) is 9.49. The Balaban J connectivity index is 2.53. The number of nitrogens with zero attached hydrogens (tertiary/aromatic N) is 1. The molecule has 0 heterocycles. The number of rotatable bonds is 5. The first kappa shape index (κ1) is 11.5. The molecule has 0 aromatic heterocycles. The van der Waals surface area contributed by atoms with Crippen LogP contribution in [-0.2, 0) is 4.79 Å². The number of carbonyl (C=O) groups is 1. The summed E-state index contributed by atoms with van der Waals surface area (Å²) in [6.45, 7) is 6.96. The molecule has 1 aliphatic carbocycles. The molecule has 0 saturated heterocycles. The van der Waals surface area contributed by atoms with Gasteiger partial charge in [0.2, 0.25) is 5.91 Å². The molecule has 0 radical (unpaired) electrons. The van der Waals surface area contributed by atoms with Crippen molar-refractivity contribution in [3.05, 3.63) is 0 Å². The lowest BCUT2D eigenvalue weighted by Crippen LogP contribution is -2.47. The molecule has 0 aromatic rings. The lowest BCUT2D eigenvalue weighted by Gasteiger charge is -2.26. The second-order valence-electron chi connectivity index (χ2n) is 4.53. The van der Waals surface area contributed by atoms with Gasteiger partial charge in [0.05, 0.1) is 6.04 Å². The van der Waals surface area contributed by atoms with Gasteiger partial charge >= 0.3 is 0 Å². The normalized spacial score (nSPS) is 18.4. The molecule has 3 nitrogen and oxygen atoms in total. The minimum atomic E-state index is -0.317. The predicted octanol–water partition coefficient (Wildman–Crippen LogP) is 1.37. The zero-order valence-electron chi connectivity index (χ0n) is 9.49. The van der Waals surface area contributed by atoms with Crippen molar-refractivity contribution in [2.75, 3.05) is 6.54 Å². The Morgan fingerprint density at radius 2 is 2.07 bits per heavy atom. The molecule has 0 aliphatic heterocycles. The van der Waals surface area contributed by atoms with Gasteiger partial charge in [-0.1, -0.05) is 20.8 Å². The first-order valence-corrected chi connectivity index (χ1v) is 5.64. The molecule has 0 bridgehead atoms. The minimum absolute atomic E-state index is 0.143. The van der Waals surface area contributed by atoms with Crippen LogP contribution in [0.15, 0.2) is 0 Å². The molecular weight excluding hydrogens is 176 g/mol. The number of amides is 1. The highest BCUT2D eigenvalue weighted by atomic mass is 16.2. The monoisotopic (exact) mass is 198 g/mol. The van der Waals surface area contributed by atoms with Crippen LogP contribution >= 0.6 is 0 Å². The molecule has 0 spiro atoms. The van der Waals surface area contributed by atoms with E-state index in [1.807, 2.05) is 18.7 Å². The SMILES string of the molecule is CCCN(C(=O)[C@@H](N)C(C)C)C1CC1. The van der Waals surface area contributed by atoms with Crippen LogP contribution < -0.4 is 5.73 Å². The number of nitrogens with two attached hydrogens (primary N) is 1. The lowest BCUT2D eigenvalue weighted by molar-refractivity contribution is -0.134. The van der Waals surface area contributed by atoms with Crippen molar-refractivity contribution in [2.45, 2.75) is 52.1 Å². The summed E-state index contributed by atoms with van der Waals surface area (Å²) in [5.41, 5.74) is 5.87. The largest absolute Gasteiger partial charge is 0.338 e. The molecule has 14 heavy (non-hydrogen) atoms. The zero-order chi connectivity index (χ0) is 10.7. The van der Waals surface area contributed by atoms with Crippen molar-refractivity contribution in [1.82, 2.24) is 4.90 Å². The molecule has 1 atom stereocenters. The average molecular weight is 198 g/mol. The van der Waals surface area contributed by atoms with E-state index in [2.05, 4.69) is 6.92 Å². The van der Waals surface area contributed by atoms with Gasteiger partial charge in [-0.2, -0.15) is 0 Å². The van der Waals surface area contributed by atoms with E-state index in [0.29, 0.717) is 6.04 Å². The van der Waals surface area contributed by atoms with Gasteiger partial charge in [-0.3, -0.25) is 4.79 Å². The molecular formula is C11H22N2O. The number of carbonyl (C=O) groups excluding carboxylic acids is 1. The van der Waals surface area contributed by atoms with Gasteiger partial charge in [0, 0.05) is 12.6 Å². The van der Waals surface area contributed by atoms with E-state index in [1.165, 1.54) is 0 Å². The number of hydrogen-bond acceptors (Lipinski definition) is 2. The fraction of sp³-hybridized carbons (Fsp3) is 0.909. The molecule has 0 unspecified atom stereocenters. The van der Waals surface area contributed by atoms with Gasteiger partial charge in [0.25, 0.3) is 0 Å². The van der Waals surface area contributed by atoms with Crippen molar-refractivity contribution in [1.29, 1.82) is 0 Å². The van der Waals surface area contributed by atoms with Crippen LogP contribution in [0.1, 0.15) is 40.0 Å². The molecule has 82 valence electrons. The van der Waals surface area contributed by atoms with E-state index in [9.17, 15) is 4.79 Å². The Labute approximate surface area is 86.6 Å². The van der Waals surface area contributed by atoms with Crippen LogP contribution in [0.3, 0.4) is 0 Å². The van der Waals surface area contributed by atoms with E-state index >= 15 is 0 Å². The fourth-order valence-corrected chi connectivity index (χ4v) is 1.58. The highest BCUT2D eigenvalue weighted by molar-refractivity contribution is 5.82. The van der Waals surface area contributed by atoms with Crippen LogP contribution in [0.2, 0.25) is 0 Å². The molecule has 1 amide bonds. The van der Waals surface area contributed by atoms with E-state index in [4.69, 9.17) is 5.73 Å². The van der Waals surface area contributed by atoms with Crippen molar-refractivity contribution >= 4 is 5.91 Å². The van der Waals surface area contributed by atoms with Gasteiger partial charge in [-0.15, -0.1) is 0 Å². The summed E-state index contributed by atoms with van der Waals surface area (Å²) < 4.78 is 0. The predicted molar refractivity (Wildman–Crippen MR) is 57.8 cm³/mol. The van der Waals surface area contributed by atoms with E-state index in [-0.39, 0.29) is 17.9 Å². The Bertz CT molecular complexity index is 199. The summed E-state index contributed by atoms with van der Waals surface area (Å²) in [5, 5.41) is 0. The molecule has 1 fully saturated rings. The number of hydrogen-bond donors (Lipinski definition) is 1. The average Bonchev–Trinajstić information content (AvgIpc) is 2.95. The Hall–Kier alpha value is -0.570. The molecule has 2 N–H and O–H groups in total. The third-order valence-corrected chi connectivity index (χ3v) is 2.74. The molecule has 1 aliphatic rings. The van der Waals surface area contributed by atoms with E-state index in [0.717, 1.165) is 25.8 Å². The first-order valence-electron chi connectivity index (χ1n) is 5.64. The maximum atomic E-state index is 12.0. The topological polar surface area (TPSA) is 46.3 Å². The summed E-state index contributed by atoms with van der Waals surface area (Å²) in [4.78, 5) is 13.9. The van der Waals surface area contributed by atoms with Crippen LogP contribution in [0.4, 0.5) is 0 Å². The standard InChI is InChI=1S/C11H22N2O/c1-4-7-13(9-5-6-9)11(14)10(12)8(2)3/h8-10H,4-7,12H2,1-3H3/t10-/m0/s1. The Morgan fingerprint density at radius 1 is 1.50 bits per heavy atom. The second kappa shape index (κ2) is 4.78. The summed E-state index contributed by atoms with van der Waals surface area (Å²) in [7, 11) is 0. The van der Waals surface area contributed by atoms with Gasteiger partial charge in [0.15, 0.2) is 0 Å². The molecule has 3 heteroatoms. The van der Waals surface area contributed by atoms with Gasteiger partial charge in [-0.05, 0) is 25.2 Å². The van der Waals surface area contributed by atoms with E-state index in [1.54, 1.807) is 0 Å². The van der Waals surface area contributed by atoms with Gasteiger partial charge in [-0.25, -0.2) is 0 Å². The van der Waals surface area contributed by atoms with Crippen LogP contribution in [0.5, 0.6) is 0 Å². The smallest absolute Gasteiger partial charge is 0.239 e. The Morgan fingerprint density at radius 3 is 2.43 bits per heavy atom. The summed E-state index contributed by atoms with van der Waals surface area (Å²) in [6.07, 6.45) is 3.35. The third-order valence-electron chi connectivity index (χ3n) is 2.74. The van der Waals surface area contributed by atoms with Crippen molar-refractivity contribution < 1.29 is 4.79 Å². The van der Waals surface area contributed by atoms with Crippen molar-refractivity contribution in [3.63, 3.8) is 0 Å². The fourth-order valence-electron chi connectivity index (χ4n) is 1.58. The summed E-state index contributed by atoms with van der Waals surface area (Å²) in [5.74, 6) is 0.380. The maximum Gasteiger partial charge on any atom is 0.239 e. The molecule has 1 saturated carbocycles. The van der Waals surface area contributed by atoms with Gasteiger partial charge in [0.1, 0.15) is 0 Å². The second-order valence-corrected chi connectivity index (χ2v) is 4.53. The van der Waals surface area contributed by atoms with Crippen molar-refractivity contribution in [2.24, 2.45) is 11.7 Å². The van der Waals surface area contributed by atoms with Crippen molar-refractivity contribution in [3.8, 4) is 0 Å².